The van der Waals surface area contributed by atoms with Crippen LogP contribution in [0.15, 0.2) is 60.7 Å². The Kier molecular flexibility index (Phi) is 21.2. The summed E-state index contributed by atoms with van der Waals surface area (Å²) in [6, 6.07) is 22.7. The van der Waals surface area contributed by atoms with Crippen LogP contribution in [-0.2, 0) is 0 Å². The van der Waals surface area contributed by atoms with Crippen molar-refractivity contribution in [1.82, 2.24) is 0 Å². The first kappa shape index (κ1) is 63.1. The molecule has 4 aromatic rings. The van der Waals surface area contributed by atoms with Crippen molar-refractivity contribution in [2.75, 3.05) is 10.6 Å². The van der Waals surface area contributed by atoms with Gasteiger partial charge in [-0.2, -0.15) is 0 Å². The molecule has 0 spiro atoms. The first-order chi connectivity index (χ1) is 34.2. The Labute approximate surface area is 459 Å². The molecule has 0 amide bonds. The first-order valence-electron chi connectivity index (χ1n) is 29.0. The molecule has 414 valence electrons. The molecule has 0 saturated carbocycles. The summed E-state index contributed by atoms with van der Waals surface area (Å²) >= 11 is 0. The monoisotopic (exact) mass is 1080 g/mol. The lowest BCUT2D eigenvalue weighted by Gasteiger charge is -2.43. The second-order valence-electron chi connectivity index (χ2n) is 26.2. The molecule has 0 aliphatic rings. The fourth-order valence-corrected chi connectivity index (χ4v) is 35.5. The van der Waals surface area contributed by atoms with Crippen molar-refractivity contribution in [3.05, 3.63) is 82.9 Å². The van der Waals surface area contributed by atoms with Crippen molar-refractivity contribution in [3.63, 3.8) is 0 Å². The molecular weight excluding hydrogens is 973 g/mol. The van der Waals surface area contributed by atoms with Gasteiger partial charge in [-0.25, -0.2) is 0 Å². The molecule has 0 aliphatic carbocycles. The quantitative estimate of drug-likeness (QED) is 0.0645. The smallest absolute Gasteiger partial charge is 0.258 e. The maximum atomic E-state index is 7.62. The molecule has 0 unspecified atom stereocenters. The van der Waals surface area contributed by atoms with E-state index in [0.29, 0.717) is 66.5 Å². The van der Waals surface area contributed by atoms with E-state index >= 15 is 0 Å². The molecule has 0 saturated heterocycles. The number of nitrogens with one attached hydrogen (secondary N) is 2. The van der Waals surface area contributed by atoms with E-state index in [4.69, 9.17) is 17.7 Å². The van der Waals surface area contributed by atoms with Gasteiger partial charge in [-0.05, 0) is 141 Å². The van der Waals surface area contributed by atoms with Crippen molar-refractivity contribution < 1.29 is 17.7 Å². The summed E-state index contributed by atoms with van der Waals surface area (Å²) < 4.78 is 30.1. The van der Waals surface area contributed by atoms with E-state index in [0.717, 1.165) is 79.1 Å². The summed E-state index contributed by atoms with van der Waals surface area (Å²) in [4.78, 5) is 0. The Morgan fingerprint density at radius 3 is 0.676 bits per heavy atom. The third-order valence-corrected chi connectivity index (χ3v) is 41.8. The Bertz CT molecular complexity index is 2230. The van der Waals surface area contributed by atoms with E-state index in [9.17, 15) is 0 Å². The summed E-state index contributed by atoms with van der Waals surface area (Å²) in [5.41, 5.74) is 15.9. The molecule has 0 heterocycles. The SMILES string of the molecule is Cc1ccc(Nc2cc(O[Si](C(C)C)(C(C)C)C(C)C)c(C)cc2-c2cc(C)c(O[Si](C(C)C)(C(C)C)C(C)C)cc2Nc2ccc(C)c(O[Si](C(C)C)(C(C)C)C(C)C)c2)cc1O[Si](C(C)C)(C(C)C)C(C)C. The van der Waals surface area contributed by atoms with Crippen LogP contribution in [0.3, 0.4) is 0 Å². The van der Waals surface area contributed by atoms with Crippen LogP contribution in [0.25, 0.3) is 11.1 Å². The Morgan fingerprint density at radius 1 is 0.270 bits per heavy atom. The van der Waals surface area contributed by atoms with E-state index < -0.39 is 33.3 Å². The number of hydrogen-bond donors (Lipinski definition) is 2. The fraction of sp³-hybridized carbons (Fsp3) is 0.625. The molecule has 6 nitrogen and oxygen atoms in total. The highest BCUT2D eigenvalue weighted by Gasteiger charge is 2.50. The van der Waals surface area contributed by atoms with Crippen molar-refractivity contribution in [3.8, 4) is 34.1 Å². The minimum Gasteiger partial charge on any atom is -0.542 e. The highest BCUT2D eigenvalue weighted by atomic mass is 28.4. The molecule has 4 aromatic carbocycles. The number of benzene rings is 4. The van der Waals surface area contributed by atoms with Gasteiger partial charge in [0.05, 0.1) is 11.4 Å². The second kappa shape index (κ2) is 24.9. The van der Waals surface area contributed by atoms with Gasteiger partial charge in [-0.3, -0.25) is 0 Å². The fourth-order valence-electron chi connectivity index (χ4n) is 14.3. The third kappa shape index (κ3) is 12.4. The highest BCUT2D eigenvalue weighted by Crippen LogP contribution is 2.51. The van der Waals surface area contributed by atoms with E-state index in [1.165, 1.54) is 0 Å². The maximum absolute atomic E-state index is 7.62. The van der Waals surface area contributed by atoms with Crippen LogP contribution >= 0.6 is 0 Å². The molecule has 0 atom stereocenters. The van der Waals surface area contributed by atoms with Crippen molar-refractivity contribution >= 4 is 56.0 Å². The first-order valence-corrected chi connectivity index (χ1v) is 37.6. The zero-order chi connectivity index (χ0) is 56.3. The van der Waals surface area contributed by atoms with Crippen LogP contribution in [0.4, 0.5) is 22.7 Å². The number of anilines is 4. The summed E-state index contributed by atoms with van der Waals surface area (Å²) in [6.07, 6.45) is 0. The summed E-state index contributed by atoms with van der Waals surface area (Å²) in [6.45, 7) is 65.6. The zero-order valence-corrected chi connectivity index (χ0v) is 56.3. The number of hydrogen-bond acceptors (Lipinski definition) is 6. The van der Waals surface area contributed by atoms with Gasteiger partial charge in [0.25, 0.3) is 33.3 Å². The van der Waals surface area contributed by atoms with E-state index in [-0.39, 0.29) is 0 Å². The van der Waals surface area contributed by atoms with Gasteiger partial charge in [-0.1, -0.05) is 178 Å². The Balaban J connectivity index is 2.15. The zero-order valence-electron chi connectivity index (χ0n) is 52.3. The van der Waals surface area contributed by atoms with Crippen LogP contribution in [0.5, 0.6) is 23.0 Å². The molecule has 0 aromatic heterocycles. The van der Waals surface area contributed by atoms with Crippen LogP contribution < -0.4 is 28.3 Å². The van der Waals surface area contributed by atoms with Gasteiger partial charge < -0.3 is 28.3 Å². The number of rotatable bonds is 25. The largest absolute Gasteiger partial charge is 0.542 e. The van der Waals surface area contributed by atoms with Crippen LogP contribution in [0.2, 0.25) is 66.5 Å². The van der Waals surface area contributed by atoms with E-state index in [1.807, 2.05) is 0 Å². The standard InChI is InChI=1S/C64H108N2O4Si4/c1-39(2)71(40(3)4,41(5)6)67-61-35-55(31-29-51(61)25)65-59-37-63(69-73(45(13)14,46(15)16)47(17)18)53(27)33-57(59)58-34-54(28)64(70-74(48(19)20,49(21)22)50(23)24)38-60(58)66-56-32-30-52(26)62(36-56)68-72(42(7)8,43(9)10)44(11)12/h29-50,65-66H,1-28H3. The average Bonchev–Trinajstić information content (AvgIpc) is 3.27. The molecule has 0 radical (unpaired) electrons. The lowest BCUT2D eigenvalue weighted by molar-refractivity contribution is 0.476. The summed E-state index contributed by atoms with van der Waals surface area (Å²) in [7, 11) is -9.20. The lowest BCUT2D eigenvalue weighted by Crippen LogP contribution is -2.50. The third-order valence-electron chi connectivity index (χ3n) is 17.8. The van der Waals surface area contributed by atoms with Gasteiger partial charge >= 0.3 is 0 Å². The Hall–Kier alpha value is -3.45. The number of aryl methyl sites for hydroxylation is 4. The summed E-state index contributed by atoms with van der Waals surface area (Å²) in [5, 5.41) is 8.08. The molecular formula is C64H108N2O4Si4. The predicted octanol–water partition coefficient (Wildman–Crippen LogP) is 22.3. The van der Waals surface area contributed by atoms with Crippen molar-refractivity contribution in [2.24, 2.45) is 0 Å². The second-order valence-corrected chi connectivity index (χ2v) is 47.7. The van der Waals surface area contributed by atoms with Gasteiger partial charge in [0, 0.05) is 46.8 Å². The van der Waals surface area contributed by atoms with Crippen molar-refractivity contribution in [1.29, 1.82) is 0 Å². The van der Waals surface area contributed by atoms with Gasteiger partial charge in [-0.15, -0.1) is 0 Å². The Morgan fingerprint density at radius 2 is 0.473 bits per heavy atom. The predicted molar refractivity (Wildman–Crippen MR) is 337 cm³/mol. The molecule has 0 fully saturated rings. The summed E-state index contributed by atoms with van der Waals surface area (Å²) in [5.74, 6) is 3.85. The van der Waals surface area contributed by atoms with Gasteiger partial charge in [0.1, 0.15) is 23.0 Å². The minimum absolute atomic E-state index is 0.420. The molecule has 4 rings (SSSR count). The maximum Gasteiger partial charge on any atom is 0.258 e. The highest BCUT2D eigenvalue weighted by molar-refractivity contribution is 6.79. The van der Waals surface area contributed by atoms with E-state index in [2.05, 4.69) is 265 Å². The topological polar surface area (TPSA) is 61.0 Å². The van der Waals surface area contributed by atoms with Crippen LogP contribution in [0, 0.1) is 27.7 Å². The van der Waals surface area contributed by atoms with Crippen LogP contribution in [-0.4, -0.2) is 33.3 Å². The molecule has 74 heavy (non-hydrogen) atoms. The van der Waals surface area contributed by atoms with Gasteiger partial charge in [0.15, 0.2) is 0 Å². The minimum atomic E-state index is -2.34. The molecule has 0 bridgehead atoms. The molecule has 2 N–H and O–H groups in total. The molecule has 0 aliphatic heterocycles. The van der Waals surface area contributed by atoms with E-state index in [1.54, 1.807) is 0 Å². The van der Waals surface area contributed by atoms with Crippen LogP contribution in [0.1, 0.15) is 188 Å². The van der Waals surface area contributed by atoms with Gasteiger partial charge in [0.2, 0.25) is 0 Å². The normalized spacial score (nSPS) is 13.2. The average molecular weight is 1080 g/mol. The lowest BCUT2D eigenvalue weighted by atomic mass is 9.96. The van der Waals surface area contributed by atoms with Crippen molar-refractivity contribution in [2.45, 2.75) is 260 Å². The molecule has 10 heteroatoms.